The molecular formula is C16H15N3O5. The quantitative estimate of drug-likeness (QED) is 0.498. The highest BCUT2D eigenvalue weighted by atomic mass is 16.6. The number of rotatable bonds is 6. The van der Waals surface area contributed by atoms with Crippen LogP contribution >= 0.6 is 0 Å². The SMILES string of the molecule is COc1ccc(C(=O)NN=Cc2ccccc2[N+](=O)[O-])c(OC)c1. The van der Waals surface area contributed by atoms with Crippen molar-refractivity contribution in [3.05, 3.63) is 63.7 Å². The van der Waals surface area contributed by atoms with Crippen LogP contribution in [0.5, 0.6) is 11.5 Å². The van der Waals surface area contributed by atoms with Gasteiger partial charge in [-0.25, -0.2) is 5.43 Å². The van der Waals surface area contributed by atoms with Crippen LogP contribution in [0.25, 0.3) is 0 Å². The van der Waals surface area contributed by atoms with Crippen molar-refractivity contribution < 1.29 is 19.2 Å². The number of nitrogens with one attached hydrogen (secondary N) is 1. The molecule has 1 N–H and O–H groups in total. The van der Waals surface area contributed by atoms with Gasteiger partial charge in [0, 0.05) is 12.1 Å². The average Bonchev–Trinajstić information content (AvgIpc) is 2.61. The molecule has 2 aromatic rings. The summed E-state index contributed by atoms with van der Waals surface area (Å²) in [5, 5.41) is 14.7. The Hall–Kier alpha value is -3.42. The summed E-state index contributed by atoms with van der Waals surface area (Å²) in [6, 6.07) is 10.8. The molecule has 0 aromatic heterocycles. The summed E-state index contributed by atoms with van der Waals surface area (Å²) in [6.45, 7) is 0. The Kier molecular flexibility index (Phi) is 5.45. The number of nitro benzene ring substituents is 1. The highest BCUT2D eigenvalue weighted by Crippen LogP contribution is 2.24. The number of ether oxygens (including phenoxy) is 2. The molecule has 0 unspecified atom stereocenters. The zero-order chi connectivity index (χ0) is 17.5. The molecule has 0 atom stereocenters. The first-order chi connectivity index (χ1) is 11.6. The number of nitro groups is 1. The molecule has 24 heavy (non-hydrogen) atoms. The van der Waals surface area contributed by atoms with Crippen LogP contribution in [0.15, 0.2) is 47.6 Å². The number of hydrazone groups is 1. The third-order valence-corrected chi connectivity index (χ3v) is 3.16. The predicted octanol–water partition coefficient (Wildman–Crippen LogP) is 2.38. The molecule has 8 nitrogen and oxygen atoms in total. The number of hydrogen-bond donors (Lipinski definition) is 1. The molecule has 0 aliphatic heterocycles. The van der Waals surface area contributed by atoms with Gasteiger partial charge in [0.05, 0.1) is 36.5 Å². The molecule has 2 aromatic carbocycles. The van der Waals surface area contributed by atoms with E-state index in [1.807, 2.05) is 0 Å². The molecule has 1 amide bonds. The Balaban J connectivity index is 2.15. The lowest BCUT2D eigenvalue weighted by atomic mass is 10.2. The lowest BCUT2D eigenvalue weighted by Crippen LogP contribution is -2.18. The Bertz CT molecular complexity index is 789. The molecular weight excluding hydrogens is 314 g/mol. The molecule has 0 heterocycles. The molecule has 0 aliphatic carbocycles. The van der Waals surface area contributed by atoms with Crippen molar-refractivity contribution in [2.75, 3.05) is 14.2 Å². The van der Waals surface area contributed by atoms with Gasteiger partial charge in [0.15, 0.2) is 0 Å². The molecule has 0 radical (unpaired) electrons. The maximum absolute atomic E-state index is 12.2. The standard InChI is InChI=1S/C16H15N3O5/c1-23-12-7-8-13(15(9-12)24-2)16(20)18-17-10-11-5-3-4-6-14(11)19(21)22/h3-10H,1-2H3,(H,18,20). The second-order valence-electron chi connectivity index (χ2n) is 4.58. The normalized spacial score (nSPS) is 10.4. The van der Waals surface area contributed by atoms with Crippen LogP contribution in [-0.2, 0) is 0 Å². The Morgan fingerprint density at radius 2 is 1.96 bits per heavy atom. The van der Waals surface area contributed by atoms with E-state index in [9.17, 15) is 14.9 Å². The number of hydrogen-bond acceptors (Lipinski definition) is 6. The third kappa shape index (κ3) is 3.86. The molecule has 0 aliphatic rings. The number of carbonyl (C=O) groups is 1. The van der Waals surface area contributed by atoms with Gasteiger partial charge in [-0.2, -0.15) is 5.10 Å². The zero-order valence-electron chi connectivity index (χ0n) is 13.1. The maximum atomic E-state index is 12.2. The predicted molar refractivity (Wildman–Crippen MR) is 87.7 cm³/mol. The number of nitrogens with zero attached hydrogens (tertiary/aromatic N) is 2. The fourth-order valence-corrected chi connectivity index (χ4v) is 1.97. The number of para-hydroxylation sites is 1. The summed E-state index contributed by atoms with van der Waals surface area (Å²) >= 11 is 0. The van der Waals surface area contributed by atoms with Crippen LogP contribution < -0.4 is 14.9 Å². The Labute approximate surface area is 137 Å². The van der Waals surface area contributed by atoms with Crippen LogP contribution in [0, 0.1) is 10.1 Å². The van der Waals surface area contributed by atoms with Crippen LogP contribution in [0.2, 0.25) is 0 Å². The Morgan fingerprint density at radius 1 is 1.21 bits per heavy atom. The first kappa shape index (κ1) is 16.9. The van der Waals surface area contributed by atoms with E-state index in [1.165, 1.54) is 38.6 Å². The summed E-state index contributed by atoms with van der Waals surface area (Å²) < 4.78 is 10.2. The molecule has 0 spiro atoms. The fraction of sp³-hybridized carbons (Fsp3) is 0.125. The first-order valence-corrected chi connectivity index (χ1v) is 6.85. The van der Waals surface area contributed by atoms with Crippen molar-refractivity contribution in [2.45, 2.75) is 0 Å². The molecule has 0 saturated heterocycles. The van der Waals surface area contributed by atoms with E-state index in [4.69, 9.17) is 9.47 Å². The van der Waals surface area contributed by atoms with Crippen molar-refractivity contribution >= 4 is 17.8 Å². The van der Waals surface area contributed by atoms with Gasteiger partial charge in [0.2, 0.25) is 0 Å². The van der Waals surface area contributed by atoms with Gasteiger partial charge in [-0.05, 0) is 18.2 Å². The largest absolute Gasteiger partial charge is 0.497 e. The summed E-state index contributed by atoms with van der Waals surface area (Å²) in [5.74, 6) is 0.365. The van der Waals surface area contributed by atoms with E-state index in [-0.39, 0.29) is 16.8 Å². The fourth-order valence-electron chi connectivity index (χ4n) is 1.97. The van der Waals surface area contributed by atoms with Gasteiger partial charge in [-0.15, -0.1) is 0 Å². The highest BCUT2D eigenvalue weighted by Gasteiger charge is 2.13. The van der Waals surface area contributed by atoms with Gasteiger partial charge in [-0.3, -0.25) is 14.9 Å². The molecule has 124 valence electrons. The van der Waals surface area contributed by atoms with E-state index in [0.717, 1.165) is 0 Å². The highest BCUT2D eigenvalue weighted by molar-refractivity contribution is 5.97. The monoisotopic (exact) mass is 329 g/mol. The molecule has 0 bridgehead atoms. The van der Waals surface area contributed by atoms with Crippen molar-refractivity contribution in [3.63, 3.8) is 0 Å². The summed E-state index contributed by atoms with van der Waals surface area (Å²) in [6.07, 6.45) is 1.21. The number of benzene rings is 2. The first-order valence-electron chi connectivity index (χ1n) is 6.85. The van der Waals surface area contributed by atoms with Crippen molar-refractivity contribution in [1.82, 2.24) is 5.43 Å². The minimum Gasteiger partial charge on any atom is -0.497 e. The number of amides is 1. The third-order valence-electron chi connectivity index (χ3n) is 3.16. The van der Waals surface area contributed by atoms with Crippen LogP contribution in [0.3, 0.4) is 0 Å². The van der Waals surface area contributed by atoms with Gasteiger partial charge in [-0.1, -0.05) is 12.1 Å². The van der Waals surface area contributed by atoms with E-state index in [1.54, 1.807) is 24.3 Å². The molecule has 0 fully saturated rings. The van der Waals surface area contributed by atoms with Crippen molar-refractivity contribution in [1.29, 1.82) is 0 Å². The second kappa shape index (κ2) is 7.73. The zero-order valence-corrected chi connectivity index (χ0v) is 13.1. The molecule has 2 rings (SSSR count). The van der Waals surface area contributed by atoms with Gasteiger partial charge in [0.25, 0.3) is 11.6 Å². The minimum atomic E-state index is -0.518. The topological polar surface area (TPSA) is 103 Å². The van der Waals surface area contributed by atoms with Crippen LogP contribution in [-0.4, -0.2) is 31.3 Å². The van der Waals surface area contributed by atoms with Crippen LogP contribution in [0.1, 0.15) is 15.9 Å². The summed E-state index contributed by atoms with van der Waals surface area (Å²) in [4.78, 5) is 22.5. The van der Waals surface area contributed by atoms with Crippen LogP contribution in [0.4, 0.5) is 5.69 Å². The minimum absolute atomic E-state index is 0.0995. The Morgan fingerprint density at radius 3 is 2.62 bits per heavy atom. The van der Waals surface area contributed by atoms with Crippen molar-refractivity contribution in [2.24, 2.45) is 5.10 Å². The van der Waals surface area contributed by atoms with Gasteiger partial charge < -0.3 is 9.47 Å². The molecule has 8 heteroatoms. The lowest BCUT2D eigenvalue weighted by molar-refractivity contribution is -0.385. The van der Waals surface area contributed by atoms with E-state index in [2.05, 4.69) is 10.5 Å². The van der Waals surface area contributed by atoms with E-state index in [0.29, 0.717) is 11.5 Å². The molecule has 0 saturated carbocycles. The second-order valence-corrected chi connectivity index (χ2v) is 4.58. The van der Waals surface area contributed by atoms with E-state index < -0.39 is 10.8 Å². The number of carbonyl (C=O) groups excluding carboxylic acids is 1. The van der Waals surface area contributed by atoms with Gasteiger partial charge >= 0.3 is 0 Å². The van der Waals surface area contributed by atoms with Gasteiger partial charge in [0.1, 0.15) is 11.5 Å². The average molecular weight is 329 g/mol. The van der Waals surface area contributed by atoms with Crippen molar-refractivity contribution in [3.8, 4) is 11.5 Å². The number of methoxy groups -OCH3 is 2. The summed E-state index contributed by atoms with van der Waals surface area (Å²) in [7, 11) is 2.94. The maximum Gasteiger partial charge on any atom is 0.278 e. The lowest BCUT2D eigenvalue weighted by Gasteiger charge is -2.08. The summed E-state index contributed by atoms with van der Waals surface area (Å²) in [5.41, 5.74) is 2.76. The smallest absolute Gasteiger partial charge is 0.278 e. The van der Waals surface area contributed by atoms with E-state index >= 15 is 0 Å².